The van der Waals surface area contributed by atoms with Crippen molar-refractivity contribution in [1.82, 2.24) is 24.0 Å². The molecule has 1 saturated heterocycles. The Hall–Kier alpha value is -3.50. The molecule has 0 spiro atoms. The highest BCUT2D eigenvalue weighted by Crippen LogP contribution is 2.38. The van der Waals surface area contributed by atoms with Crippen LogP contribution >= 0.6 is 0 Å². The summed E-state index contributed by atoms with van der Waals surface area (Å²) in [5.74, 6) is -0.420. The average molecular weight is 433 g/mol. The van der Waals surface area contributed by atoms with Gasteiger partial charge in [0.05, 0.1) is 22.7 Å². The number of fused-ring (bicyclic) bond motifs is 1. The molecule has 0 N–H and O–H groups in total. The molecule has 4 heterocycles. The zero-order valence-corrected chi connectivity index (χ0v) is 16.7. The maximum absolute atomic E-state index is 13.9. The number of carbonyl (C=O) groups excluding carboxylic acids is 1. The van der Waals surface area contributed by atoms with Crippen LogP contribution in [-0.2, 0) is 20.3 Å². The molecule has 31 heavy (non-hydrogen) atoms. The van der Waals surface area contributed by atoms with Crippen molar-refractivity contribution in [2.45, 2.75) is 25.1 Å². The first-order valence-electron chi connectivity index (χ1n) is 9.51. The van der Waals surface area contributed by atoms with E-state index in [9.17, 15) is 27.6 Å². The number of rotatable bonds is 2. The molecule has 0 aliphatic carbocycles. The summed E-state index contributed by atoms with van der Waals surface area (Å²) in [5, 5.41) is -0.679. The Balaban J connectivity index is 1.93. The van der Waals surface area contributed by atoms with E-state index in [0.29, 0.717) is 24.0 Å². The van der Waals surface area contributed by atoms with Crippen LogP contribution in [0.4, 0.5) is 13.2 Å². The standard InChI is InChI=1S/C20H18F3N5O3/c1-26-16-15(18(30)27(2)19(26)31)11(20(21,22)23)10-13(25-16)14-7-5-9-28(14)17(29)12-6-3-4-8-24-12/h3-4,6,8,10,14H,5,7,9H2,1-2H3. The van der Waals surface area contributed by atoms with E-state index in [4.69, 9.17) is 0 Å². The van der Waals surface area contributed by atoms with Gasteiger partial charge in [-0.3, -0.25) is 23.7 Å². The van der Waals surface area contributed by atoms with Gasteiger partial charge < -0.3 is 4.90 Å². The van der Waals surface area contributed by atoms with Crippen molar-refractivity contribution in [2.75, 3.05) is 6.54 Å². The predicted octanol–water partition coefficient (Wildman–Crippen LogP) is 2.02. The Kier molecular flexibility index (Phi) is 4.91. The summed E-state index contributed by atoms with van der Waals surface area (Å²) in [6.07, 6.45) is -2.43. The van der Waals surface area contributed by atoms with Gasteiger partial charge in [0.2, 0.25) is 0 Å². The molecule has 0 bridgehead atoms. The van der Waals surface area contributed by atoms with Crippen LogP contribution in [0.25, 0.3) is 11.0 Å². The highest BCUT2D eigenvalue weighted by molar-refractivity contribution is 5.92. The number of hydrogen-bond acceptors (Lipinski definition) is 5. The maximum Gasteiger partial charge on any atom is 0.417 e. The molecule has 0 saturated carbocycles. The van der Waals surface area contributed by atoms with E-state index < -0.39 is 40.3 Å². The number of alkyl halides is 3. The fourth-order valence-corrected chi connectivity index (χ4v) is 3.92. The molecule has 1 unspecified atom stereocenters. The van der Waals surface area contributed by atoms with E-state index in [1.165, 1.54) is 24.2 Å². The lowest BCUT2D eigenvalue weighted by molar-refractivity contribution is -0.136. The van der Waals surface area contributed by atoms with Crippen LogP contribution in [0, 0.1) is 0 Å². The third-order valence-corrected chi connectivity index (χ3v) is 5.47. The first kappa shape index (κ1) is 20.8. The molecule has 8 nitrogen and oxygen atoms in total. The van der Waals surface area contributed by atoms with E-state index >= 15 is 0 Å². The monoisotopic (exact) mass is 433 g/mol. The Morgan fingerprint density at radius 1 is 1.16 bits per heavy atom. The summed E-state index contributed by atoms with van der Waals surface area (Å²) < 4.78 is 43.2. The highest BCUT2D eigenvalue weighted by atomic mass is 19.4. The van der Waals surface area contributed by atoms with Gasteiger partial charge in [-0.05, 0) is 31.0 Å². The lowest BCUT2D eigenvalue weighted by atomic mass is 10.0. The second kappa shape index (κ2) is 7.33. The third-order valence-electron chi connectivity index (χ3n) is 5.47. The first-order valence-corrected chi connectivity index (χ1v) is 9.51. The minimum Gasteiger partial charge on any atom is -0.329 e. The zero-order valence-electron chi connectivity index (χ0n) is 16.7. The summed E-state index contributed by atoms with van der Waals surface area (Å²) >= 11 is 0. The molecular weight excluding hydrogens is 415 g/mol. The maximum atomic E-state index is 13.9. The number of halogens is 3. The van der Waals surface area contributed by atoms with Gasteiger partial charge >= 0.3 is 11.9 Å². The predicted molar refractivity (Wildman–Crippen MR) is 104 cm³/mol. The van der Waals surface area contributed by atoms with Crippen molar-refractivity contribution in [1.29, 1.82) is 0 Å². The van der Waals surface area contributed by atoms with Crippen molar-refractivity contribution in [3.63, 3.8) is 0 Å². The lowest BCUT2D eigenvalue weighted by Gasteiger charge is -2.25. The number of nitrogens with zero attached hydrogens (tertiary/aromatic N) is 5. The summed E-state index contributed by atoms with van der Waals surface area (Å²) in [6, 6.07) is 4.90. The van der Waals surface area contributed by atoms with Crippen molar-refractivity contribution in [3.05, 3.63) is 68.3 Å². The van der Waals surface area contributed by atoms with Crippen LogP contribution in [-0.4, -0.2) is 36.5 Å². The zero-order chi connectivity index (χ0) is 22.5. The fraction of sp³-hybridized carbons (Fsp3) is 0.350. The summed E-state index contributed by atoms with van der Waals surface area (Å²) in [5.41, 5.74) is -3.26. The molecule has 11 heteroatoms. The molecule has 162 valence electrons. The van der Waals surface area contributed by atoms with E-state index in [1.54, 1.807) is 12.1 Å². The number of hydrogen-bond donors (Lipinski definition) is 0. The van der Waals surface area contributed by atoms with Gasteiger partial charge in [0.25, 0.3) is 11.5 Å². The number of likely N-dealkylation sites (tertiary alicyclic amines) is 1. The normalized spacial score (nSPS) is 16.8. The Bertz CT molecular complexity index is 1300. The summed E-state index contributed by atoms with van der Waals surface area (Å²) in [4.78, 5) is 47.4. The SMILES string of the molecule is Cn1c(=O)c2c(C(F)(F)F)cc(C3CCCN3C(=O)c3ccccn3)nc2n(C)c1=O. The van der Waals surface area contributed by atoms with E-state index in [1.807, 2.05) is 0 Å². The Morgan fingerprint density at radius 2 is 1.90 bits per heavy atom. The van der Waals surface area contributed by atoms with Crippen molar-refractivity contribution < 1.29 is 18.0 Å². The van der Waals surface area contributed by atoms with Crippen molar-refractivity contribution in [2.24, 2.45) is 14.1 Å². The molecular formula is C20H18F3N5O3. The summed E-state index contributed by atoms with van der Waals surface area (Å²) in [6.45, 7) is 0.330. The topological polar surface area (TPSA) is 90.1 Å². The molecule has 3 aromatic rings. The van der Waals surface area contributed by atoms with Crippen LogP contribution in [0.3, 0.4) is 0 Å². The van der Waals surface area contributed by atoms with Crippen molar-refractivity contribution >= 4 is 16.9 Å². The number of aryl methyl sites for hydroxylation is 1. The fourth-order valence-electron chi connectivity index (χ4n) is 3.92. The molecule has 1 aliphatic heterocycles. The van der Waals surface area contributed by atoms with Gasteiger partial charge in [-0.25, -0.2) is 9.78 Å². The average Bonchev–Trinajstić information content (AvgIpc) is 3.24. The third kappa shape index (κ3) is 3.39. The second-order valence-corrected chi connectivity index (χ2v) is 7.37. The molecule has 1 atom stereocenters. The minimum absolute atomic E-state index is 0.0233. The van der Waals surface area contributed by atoms with Crippen LogP contribution in [0.5, 0.6) is 0 Å². The molecule has 1 fully saturated rings. The number of amides is 1. The van der Waals surface area contributed by atoms with E-state index in [0.717, 1.165) is 17.7 Å². The quantitative estimate of drug-likeness (QED) is 0.617. The van der Waals surface area contributed by atoms with Gasteiger partial charge in [-0.1, -0.05) is 6.07 Å². The Labute approximate surface area is 173 Å². The second-order valence-electron chi connectivity index (χ2n) is 7.37. The van der Waals surface area contributed by atoms with Crippen LogP contribution < -0.4 is 11.2 Å². The van der Waals surface area contributed by atoms with Crippen LogP contribution in [0.15, 0.2) is 40.1 Å². The van der Waals surface area contributed by atoms with Crippen molar-refractivity contribution in [3.8, 4) is 0 Å². The smallest absolute Gasteiger partial charge is 0.329 e. The van der Waals surface area contributed by atoms with Crippen LogP contribution in [0.1, 0.15) is 40.6 Å². The number of pyridine rings is 2. The Morgan fingerprint density at radius 3 is 2.55 bits per heavy atom. The van der Waals surface area contributed by atoms with E-state index in [-0.39, 0.29) is 17.0 Å². The molecule has 0 aromatic carbocycles. The number of carbonyl (C=O) groups is 1. The molecule has 1 amide bonds. The molecule has 0 radical (unpaired) electrons. The van der Waals surface area contributed by atoms with Gasteiger partial charge in [0.1, 0.15) is 11.3 Å². The van der Waals surface area contributed by atoms with Crippen LogP contribution in [0.2, 0.25) is 0 Å². The number of aromatic nitrogens is 4. The molecule has 3 aromatic heterocycles. The summed E-state index contributed by atoms with van der Waals surface area (Å²) in [7, 11) is 2.37. The van der Waals surface area contributed by atoms with Gasteiger partial charge in [0, 0.05) is 26.8 Å². The minimum atomic E-state index is -4.85. The van der Waals surface area contributed by atoms with Gasteiger partial charge in [0.15, 0.2) is 0 Å². The molecule has 1 aliphatic rings. The first-order chi connectivity index (χ1) is 14.6. The van der Waals surface area contributed by atoms with Gasteiger partial charge in [-0.15, -0.1) is 0 Å². The largest absolute Gasteiger partial charge is 0.417 e. The lowest BCUT2D eigenvalue weighted by Crippen LogP contribution is -2.39. The molecule has 4 rings (SSSR count). The highest BCUT2D eigenvalue weighted by Gasteiger charge is 2.39. The van der Waals surface area contributed by atoms with Gasteiger partial charge in [-0.2, -0.15) is 13.2 Å². The van der Waals surface area contributed by atoms with E-state index in [2.05, 4.69) is 9.97 Å².